The summed E-state index contributed by atoms with van der Waals surface area (Å²) in [5.41, 5.74) is -0.937. The van der Waals surface area contributed by atoms with Crippen LogP contribution in [-0.4, -0.2) is 16.0 Å². The summed E-state index contributed by atoms with van der Waals surface area (Å²) >= 11 is 0.952. The molecule has 27 heavy (non-hydrogen) atoms. The second-order valence-corrected chi connectivity index (χ2v) is 6.04. The Morgan fingerprint density at radius 1 is 1.11 bits per heavy atom. The molecule has 1 aromatic carbocycles. The van der Waals surface area contributed by atoms with Crippen molar-refractivity contribution in [3.05, 3.63) is 60.2 Å². The summed E-state index contributed by atoms with van der Waals surface area (Å²) in [7, 11) is 0. The molecule has 0 saturated carbocycles. The first kappa shape index (κ1) is 18.6. The van der Waals surface area contributed by atoms with Gasteiger partial charge in [-0.15, -0.1) is 0 Å². The number of carbonyl (C=O) groups excluding carboxylic acids is 1. The Labute approximate surface area is 153 Å². The molecule has 2 amide bonds. The number of hydrogen-bond donors (Lipinski definition) is 2. The number of anilines is 2. The second kappa shape index (κ2) is 7.58. The number of hydrogen-bond acceptors (Lipinski definition) is 5. The van der Waals surface area contributed by atoms with Gasteiger partial charge in [-0.3, -0.25) is 10.6 Å². The summed E-state index contributed by atoms with van der Waals surface area (Å²) in [4.78, 5) is 19.4. The first-order valence-corrected chi connectivity index (χ1v) is 8.12. The maximum atomic E-state index is 13.1. The molecule has 11 heteroatoms. The van der Waals surface area contributed by atoms with Gasteiger partial charge < -0.3 is 4.74 Å². The number of aromatic nitrogens is 2. The summed E-state index contributed by atoms with van der Waals surface area (Å²) in [6.45, 7) is 0. The number of amides is 2. The molecular weight excluding hydrogens is 388 g/mol. The molecule has 2 heterocycles. The summed E-state index contributed by atoms with van der Waals surface area (Å²) < 4.78 is 56.5. The van der Waals surface area contributed by atoms with E-state index in [1.54, 1.807) is 6.07 Å². The number of carbonyl (C=O) groups is 1. The van der Waals surface area contributed by atoms with E-state index in [1.807, 2.05) is 0 Å². The maximum absolute atomic E-state index is 13.1. The Hall–Kier alpha value is -3.21. The summed E-state index contributed by atoms with van der Waals surface area (Å²) in [5, 5.41) is 4.95. The van der Waals surface area contributed by atoms with Crippen LogP contribution < -0.4 is 15.4 Å². The number of thiazole rings is 1. The third-order valence-electron chi connectivity index (χ3n) is 3.05. The molecule has 0 spiro atoms. The lowest BCUT2D eigenvalue weighted by molar-refractivity contribution is -0.137. The van der Waals surface area contributed by atoms with Crippen molar-refractivity contribution in [2.24, 2.45) is 0 Å². The molecule has 3 rings (SSSR count). The van der Waals surface area contributed by atoms with Crippen LogP contribution in [0.5, 0.6) is 10.8 Å². The van der Waals surface area contributed by atoms with Crippen LogP contribution in [-0.2, 0) is 6.18 Å². The first-order chi connectivity index (χ1) is 12.8. The van der Waals surface area contributed by atoms with Crippen molar-refractivity contribution in [1.29, 1.82) is 0 Å². The number of nitrogens with one attached hydrogen (secondary N) is 2. The van der Waals surface area contributed by atoms with Gasteiger partial charge in [-0.25, -0.2) is 19.2 Å². The number of benzene rings is 1. The van der Waals surface area contributed by atoms with Gasteiger partial charge in [-0.05, 0) is 24.3 Å². The van der Waals surface area contributed by atoms with Crippen molar-refractivity contribution < 1.29 is 27.1 Å². The van der Waals surface area contributed by atoms with E-state index in [0.717, 1.165) is 23.6 Å². The zero-order chi connectivity index (χ0) is 19.4. The number of ether oxygens (including phenoxy) is 1. The van der Waals surface area contributed by atoms with E-state index in [9.17, 15) is 22.4 Å². The zero-order valence-electron chi connectivity index (χ0n) is 13.2. The zero-order valence-corrected chi connectivity index (χ0v) is 14.1. The van der Waals surface area contributed by atoms with Gasteiger partial charge in [0, 0.05) is 12.3 Å². The molecule has 0 radical (unpaired) electrons. The van der Waals surface area contributed by atoms with Gasteiger partial charge >= 0.3 is 12.2 Å². The SMILES string of the molecule is O=C(Nc1cc(C(F)(F)F)ccn1)Nc1ncc(Oc2cccc(F)c2)s1. The molecule has 0 unspecified atom stereocenters. The highest BCUT2D eigenvalue weighted by atomic mass is 32.1. The number of nitrogens with zero attached hydrogens (tertiary/aromatic N) is 2. The number of halogens is 4. The Balaban J connectivity index is 1.61. The average Bonchev–Trinajstić information content (AvgIpc) is 3.01. The Kier molecular flexibility index (Phi) is 5.21. The van der Waals surface area contributed by atoms with Gasteiger partial charge in [-0.2, -0.15) is 13.2 Å². The number of urea groups is 1. The molecule has 140 valence electrons. The lowest BCUT2D eigenvalue weighted by Crippen LogP contribution is -2.20. The van der Waals surface area contributed by atoms with Crippen molar-refractivity contribution in [2.75, 3.05) is 10.6 Å². The number of rotatable bonds is 4. The van der Waals surface area contributed by atoms with Crippen molar-refractivity contribution in [2.45, 2.75) is 6.18 Å². The minimum atomic E-state index is -4.55. The third kappa shape index (κ3) is 5.14. The Morgan fingerprint density at radius 3 is 2.67 bits per heavy atom. The van der Waals surface area contributed by atoms with E-state index in [4.69, 9.17) is 4.74 Å². The van der Waals surface area contributed by atoms with Crippen LogP contribution in [0.25, 0.3) is 0 Å². The smallest absolute Gasteiger partial charge is 0.416 e. The van der Waals surface area contributed by atoms with E-state index < -0.39 is 23.6 Å². The van der Waals surface area contributed by atoms with Crippen LogP contribution in [0.3, 0.4) is 0 Å². The molecule has 0 aliphatic carbocycles. The van der Waals surface area contributed by atoms with Crippen molar-refractivity contribution in [3.63, 3.8) is 0 Å². The van der Waals surface area contributed by atoms with E-state index in [-0.39, 0.29) is 21.8 Å². The summed E-state index contributed by atoms with van der Waals surface area (Å²) in [6.07, 6.45) is -2.30. The van der Waals surface area contributed by atoms with Gasteiger partial charge in [0.2, 0.25) is 5.06 Å². The van der Waals surface area contributed by atoms with Gasteiger partial charge in [0.1, 0.15) is 17.4 Å². The molecule has 2 aromatic heterocycles. The minimum absolute atomic E-state index is 0.130. The van der Waals surface area contributed by atoms with E-state index in [0.29, 0.717) is 6.07 Å². The fraction of sp³-hybridized carbons (Fsp3) is 0.0625. The van der Waals surface area contributed by atoms with Gasteiger partial charge in [0.25, 0.3) is 0 Å². The average molecular weight is 398 g/mol. The normalized spacial score (nSPS) is 11.1. The lowest BCUT2D eigenvalue weighted by Gasteiger charge is -2.09. The van der Waals surface area contributed by atoms with Crippen LogP contribution in [0.2, 0.25) is 0 Å². The lowest BCUT2D eigenvalue weighted by atomic mass is 10.2. The third-order valence-corrected chi connectivity index (χ3v) is 3.84. The molecule has 2 N–H and O–H groups in total. The highest BCUT2D eigenvalue weighted by molar-refractivity contribution is 7.17. The number of pyridine rings is 1. The van der Waals surface area contributed by atoms with Crippen molar-refractivity contribution in [1.82, 2.24) is 9.97 Å². The van der Waals surface area contributed by atoms with Crippen LogP contribution >= 0.6 is 11.3 Å². The van der Waals surface area contributed by atoms with Crippen molar-refractivity contribution >= 4 is 28.3 Å². The minimum Gasteiger partial charge on any atom is -0.445 e. The topological polar surface area (TPSA) is 76.1 Å². The Morgan fingerprint density at radius 2 is 1.93 bits per heavy atom. The van der Waals surface area contributed by atoms with Crippen molar-refractivity contribution in [3.8, 4) is 10.8 Å². The molecule has 0 aliphatic rings. The fourth-order valence-corrected chi connectivity index (χ4v) is 2.61. The maximum Gasteiger partial charge on any atom is 0.416 e. The molecule has 3 aromatic rings. The van der Waals surface area contributed by atoms with E-state index >= 15 is 0 Å². The summed E-state index contributed by atoms with van der Waals surface area (Å²) in [6, 6.07) is 6.13. The van der Waals surface area contributed by atoms with Crippen LogP contribution in [0, 0.1) is 5.82 Å². The molecule has 0 aliphatic heterocycles. The largest absolute Gasteiger partial charge is 0.445 e. The fourth-order valence-electron chi connectivity index (χ4n) is 1.93. The predicted molar refractivity (Wildman–Crippen MR) is 90.5 cm³/mol. The monoisotopic (exact) mass is 398 g/mol. The second-order valence-electron chi connectivity index (χ2n) is 5.05. The van der Waals surface area contributed by atoms with Gasteiger partial charge in [0.15, 0.2) is 5.13 Å². The van der Waals surface area contributed by atoms with Gasteiger partial charge in [0.05, 0.1) is 11.8 Å². The first-order valence-electron chi connectivity index (χ1n) is 7.30. The van der Waals surface area contributed by atoms with Crippen LogP contribution in [0.15, 0.2) is 48.8 Å². The highest BCUT2D eigenvalue weighted by Crippen LogP contribution is 2.31. The highest BCUT2D eigenvalue weighted by Gasteiger charge is 2.30. The number of alkyl halides is 3. The molecule has 0 saturated heterocycles. The molecule has 0 atom stereocenters. The predicted octanol–water partition coefficient (Wildman–Crippen LogP) is 5.13. The Bertz CT molecular complexity index is 961. The van der Waals surface area contributed by atoms with Gasteiger partial charge in [-0.1, -0.05) is 17.4 Å². The quantitative estimate of drug-likeness (QED) is 0.597. The molecule has 0 bridgehead atoms. The standard InChI is InChI=1S/C16H10F4N4O2S/c17-10-2-1-3-11(7-10)26-13-8-22-15(27-13)24-14(25)23-12-6-9(4-5-21-12)16(18,19)20/h1-8H,(H2,21,22,23,24,25). The summed E-state index contributed by atoms with van der Waals surface area (Å²) in [5.74, 6) is -0.485. The molecule has 6 nitrogen and oxygen atoms in total. The van der Waals surface area contributed by atoms with Crippen LogP contribution in [0.1, 0.15) is 5.56 Å². The van der Waals surface area contributed by atoms with E-state index in [2.05, 4.69) is 20.6 Å². The van der Waals surface area contributed by atoms with Crippen LogP contribution in [0.4, 0.5) is 33.3 Å². The molecular formula is C16H10F4N4O2S. The molecule has 0 fully saturated rings. The van der Waals surface area contributed by atoms with E-state index in [1.165, 1.54) is 24.4 Å².